The molecule has 0 spiro atoms. The lowest BCUT2D eigenvalue weighted by atomic mass is 9.71. The zero-order chi connectivity index (χ0) is 17.7. The molecule has 8 nitrogen and oxygen atoms in total. The topological polar surface area (TPSA) is 94.2 Å². The fourth-order valence-corrected chi connectivity index (χ4v) is 5.97. The molecule has 4 rings (SSSR count). The van der Waals surface area contributed by atoms with E-state index in [2.05, 4.69) is 34.6 Å². The molecule has 3 aliphatic rings. The molecule has 0 aromatic carbocycles. The summed E-state index contributed by atoms with van der Waals surface area (Å²) >= 11 is 1.97. The zero-order valence-electron chi connectivity index (χ0n) is 14.7. The van der Waals surface area contributed by atoms with Gasteiger partial charge in [-0.3, -0.25) is 10.1 Å². The number of likely N-dealkylation sites (tertiary alicyclic amines) is 2. The molecule has 25 heavy (non-hydrogen) atoms. The summed E-state index contributed by atoms with van der Waals surface area (Å²) in [6, 6.07) is -0.203. The molecule has 0 unspecified atom stereocenters. The second-order valence-electron chi connectivity index (χ2n) is 7.92. The number of aromatic nitrogens is 3. The average Bonchev–Trinajstić information content (AvgIpc) is 3.30. The molecule has 0 bridgehead atoms. The molecule has 3 fully saturated rings. The Labute approximate surface area is 151 Å². The monoisotopic (exact) mass is 364 g/mol. The van der Waals surface area contributed by atoms with Crippen molar-refractivity contribution < 1.29 is 9.59 Å². The Bertz CT molecular complexity index is 685. The van der Waals surface area contributed by atoms with E-state index in [1.54, 1.807) is 4.90 Å². The van der Waals surface area contributed by atoms with Crippen LogP contribution in [0.4, 0.5) is 10.6 Å². The first-order valence-corrected chi connectivity index (χ1v) is 9.91. The number of hydrogen-bond donors (Lipinski definition) is 2. The summed E-state index contributed by atoms with van der Waals surface area (Å²) < 4.78 is 0. The van der Waals surface area contributed by atoms with Gasteiger partial charge in [0.15, 0.2) is 11.5 Å². The van der Waals surface area contributed by atoms with Crippen molar-refractivity contribution in [3.05, 3.63) is 5.69 Å². The van der Waals surface area contributed by atoms with Gasteiger partial charge in [0, 0.05) is 48.5 Å². The highest BCUT2D eigenvalue weighted by Gasteiger charge is 2.56. The van der Waals surface area contributed by atoms with E-state index in [0.29, 0.717) is 0 Å². The number of anilines is 1. The Balaban J connectivity index is 1.46. The van der Waals surface area contributed by atoms with Gasteiger partial charge in [-0.1, -0.05) is 13.8 Å². The first kappa shape index (κ1) is 16.7. The van der Waals surface area contributed by atoms with Gasteiger partial charge in [-0.05, 0) is 12.8 Å². The zero-order valence-corrected chi connectivity index (χ0v) is 15.5. The molecule has 3 saturated heterocycles. The molecule has 0 saturated carbocycles. The first-order chi connectivity index (χ1) is 11.9. The SMILES string of the molecule is C[C@@]12CSC[C@]1(C)CN(C(=O)Nc1n[nH]nc1C(=O)N1CCCC1)C2. The quantitative estimate of drug-likeness (QED) is 0.832. The van der Waals surface area contributed by atoms with Crippen LogP contribution in [-0.4, -0.2) is 74.8 Å². The van der Waals surface area contributed by atoms with Crippen LogP contribution in [0.3, 0.4) is 0 Å². The van der Waals surface area contributed by atoms with Crippen LogP contribution in [0.5, 0.6) is 0 Å². The number of urea groups is 1. The van der Waals surface area contributed by atoms with E-state index in [9.17, 15) is 9.59 Å². The summed E-state index contributed by atoms with van der Waals surface area (Å²) in [4.78, 5) is 28.9. The molecule has 4 heterocycles. The van der Waals surface area contributed by atoms with Crippen LogP contribution < -0.4 is 5.32 Å². The molecule has 136 valence electrons. The Morgan fingerprint density at radius 1 is 1.08 bits per heavy atom. The fraction of sp³-hybridized carbons (Fsp3) is 0.750. The van der Waals surface area contributed by atoms with Crippen molar-refractivity contribution in [2.75, 3.05) is 43.0 Å². The number of thioether (sulfide) groups is 1. The van der Waals surface area contributed by atoms with E-state index < -0.39 is 0 Å². The second-order valence-corrected chi connectivity index (χ2v) is 8.91. The number of H-pyrrole nitrogens is 1. The lowest BCUT2D eigenvalue weighted by Gasteiger charge is -2.30. The fourth-order valence-electron chi connectivity index (χ4n) is 4.08. The predicted octanol–water partition coefficient (Wildman–Crippen LogP) is 1.65. The third kappa shape index (κ3) is 2.68. The molecule has 0 radical (unpaired) electrons. The molecular weight excluding hydrogens is 340 g/mol. The van der Waals surface area contributed by atoms with E-state index in [0.717, 1.165) is 50.5 Å². The van der Waals surface area contributed by atoms with Crippen molar-refractivity contribution in [2.45, 2.75) is 26.7 Å². The number of nitrogens with one attached hydrogen (secondary N) is 2. The second kappa shape index (κ2) is 5.89. The lowest BCUT2D eigenvalue weighted by Crippen LogP contribution is -2.36. The summed E-state index contributed by atoms with van der Waals surface area (Å²) in [6.07, 6.45) is 2.02. The number of carbonyl (C=O) groups is 2. The van der Waals surface area contributed by atoms with Crippen LogP contribution in [0.15, 0.2) is 0 Å². The Kier molecular flexibility index (Phi) is 3.93. The number of carbonyl (C=O) groups excluding carboxylic acids is 2. The minimum atomic E-state index is -0.203. The van der Waals surface area contributed by atoms with Gasteiger partial charge in [-0.2, -0.15) is 17.0 Å². The number of amides is 3. The van der Waals surface area contributed by atoms with Crippen molar-refractivity contribution >= 4 is 29.5 Å². The molecule has 0 aliphatic carbocycles. The standard InChI is InChI=1S/C16H24N6O2S/c1-15-7-22(8-16(15,2)10-25-9-15)14(24)17-12-11(18-20-19-12)13(23)21-5-3-4-6-21/h3-10H2,1-2H3,(H2,17,18,19,20,24)/t15-,16+. The third-order valence-electron chi connectivity index (χ3n) is 6.03. The molecule has 2 atom stereocenters. The van der Waals surface area contributed by atoms with Crippen LogP contribution in [0, 0.1) is 10.8 Å². The maximum Gasteiger partial charge on any atom is 0.323 e. The van der Waals surface area contributed by atoms with Crippen LogP contribution in [0.2, 0.25) is 0 Å². The lowest BCUT2D eigenvalue weighted by molar-refractivity contribution is 0.0788. The van der Waals surface area contributed by atoms with Gasteiger partial charge in [0.2, 0.25) is 0 Å². The van der Waals surface area contributed by atoms with Gasteiger partial charge in [0.25, 0.3) is 5.91 Å². The van der Waals surface area contributed by atoms with Crippen molar-refractivity contribution in [3.63, 3.8) is 0 Å². The van der Waals surface area contributed by atoms with Crippen molar-refractivity contribution in [3.8, 4) is 0 Å². The average molecular weight is 364 g/mol. The molecule has 1 aromatic rings. The highest BCUT2D eigenvalue weighted by molar-refractivity contribution is 7.99. The van der Waals surface area contributed by atoms with Gasteiger partial charge in [0.1, 0.15) is 0 Å². The summed E-state index contributed by atoms with van der Waals surface area (Å²) in [5.74, 6) is 2.21. The van der Waals surface area contributed by atoms with Crippen molar-refractivity contribution in [2.24, 2.45) is 10.8 Å². The van der Waals surface area contributed by atoms with Gasteiger partial charge >= 0.3 is 6.03 Å². The normalized spacial score (nSPS) is 31.4. The third-order valence-corrected chi connectivity index (χ3v) is 7.72. The van der Waals surface area contributed by atoms with Crippen molar-refractivity contribution in [1.82, 2.24) is 25.2 Å². The number of nitrogens with zero attached hydrogens (tertiary/aromatic N) is 4. The largest absolute Gasteiger partial charge is 0.337 e. The summed E-state index contributed by atoms with van der Waals surface area (Å²) in [6.45, 7) is 7.46. The smallest absolute Gasteiger partial charge is 0.323 e. The number of aromatic amines is 1. The molecule has 3 amide bonds. The van der Waals surface area contributed by atoms with E-state index in [1.165, 1.54) is 0 Å². The number of hydrogen-bond acceptors (Lipinski definition) is 5. The van der Waals surface area contributed by atoms with Gasteiger partial charge in [-0.15, -0.1) is 10.2 Å². The molecule has 2 N–H and O–H groups in total. The highest BCUT2D eigenvalue weighted by atomic mass is 32.2. The molecule has 1 aromatic heterocycles. The molecule has 3 aliphatic heterocycles. The van der Waals surface area contributed by atoms with Gasteiger partial charge in [0.05, 0.1) is 0 Å². The maximum atomic E-state index is 12.7. The maximum absolute atomic E-state index is 12.7. The van der Waals surface area contributed by atoms with Crippen LogP contribution >= 0.6 is 11.8 Å². The predicted molar refractivity (Wildman–Crippen MR) is 95.7 cm³/mol. The summed E-state index contributed by atoms with van der Waals surface area (Å²) in [5, 5.41) is 13.2. The van der Waals surface area contributed by atoms with Crippen molar-refractivity contribution in [1.29, 1.82) is 0 Å². The minimum absolute atomic E-state index is 0.146. The van der Waals surface area contributed by atoms with Gasteiger partial charge in [-0.25, -0.2) is 4.79 Å². The van der Waals surface area contributed by atoms with Crippen LogP contribution in [0.25, 0.3) is 0 Å². The minimum Gasteiger partial charge on any atom is -0.337 e. The number of rotatable bonds is 2. The van der Waals surface area contributed by atoms with Crippen LogP contribution in [0.1, 0.15) is 37.2 Å². The summed E-state index contributed by atoms with van der Waals surface area (Å²) in [7, 11) is 0. The Morgan fingerprint density at radius 2 is 1.72 bits per heavy atom. The van der Waals surface area contributed by atoms with E-state index in [-0.39, 0.29) is 34.3 Å². The first-order valence-electron chi connectivity index (χ1n) is 8.76. The Hall–Kier alpha value is -1.77. The van der Waals surface area contributed by atoms with Gasteiger partial charge < -0.3 is 9.80 Å². The molecular formula is C16H24N6O2S. The van der Waals surface area contributed by atoms with Crippen LogP contribution in [-0.2, 0) is 0 Å². The van der Waals surface area contributed by atoms with E-state index >= 15 is 0 Å². The van der Waals surface area contributed by atoms with E-state index in [1.807, 2.05) is 16.7 Å². The Morgan fingerprint density at radius 3 is 2.36 bits per heavy atom. The van der Waals surface area contributed by atoms with E-state index in [4.69, 9.17) is 0 Å². The highest BCUT2D eigenvalue weighted by Crippen LogP contribution is 2.54. The molecule has 9 heteroatoms. The summed E-state index contributed by atoms with van der Waals surface area (Å²) in [5.41, 5.74) is 0.489. The number of fused-ring (bicyclic) bond motifs is 1.